The Balaban J connectivity index is 1.43. The maximum absolute atomic E-state index is 13.8. The summed E-state index contributed by atoms with van der Waals surface area (Å²) in [4.78, 5) is 48.3. The summed E-state index contributed by atoms with van der Waals surface area (Å²) < 4.78 is 5.53. The number of aromatic amines is 1. The van der Waals surface area contributed by atoms with Crippen molar-refractivity contribution in [2.24, 2.45) is 0 Å². The Morgan fingerprint density at radius 2 is 1.98 bits per heavy atom. The van der Waals surface area contributed by atoms with Crippen molar-refractivity contribution in [2.75, 3.05) is 57.1 Å². The zero-order valence-corrected chi connectivity index (χ0v) is 23.3. The molecule has 2 aliphatic heterocycles. The van der Waals surface area contributed by atoms with Crippen LogP contribution in [0.2, 0.25) is 5.15 Å². The number of fused-ring (bicyclic) bond motifs is 1. The highest BCUT2D eigenvalue weighted by molar-refractivity contribution is 6.41. The molecule has 0 radical (unpaired) electrons. The van der Waals surface area contributed by atoms with Gasteiger partial charge < -0.3 is 25.5 Å². The van der Waals surface area contributed by atoms with Gasteiger partial charge in [0, 0.05) is 55.7 Å². The van der Waals surface area contributed by atoms with Gasteiger partial charge >= 0.3 is 0 Å². The number of H-pyrrole nitrogens is 1. The second kappa shape index (κ2) is 11.2. The molecular weight excluding hydrogens is 536 g/mol. The summed E-state index contributed by atoms with van der Waals surface area (Å²) in [7, 11) is 1.59. The van der Waals surface area contributed by atoms with E-state index in [-0.39, 0.29) is 47.5 Å². The molecule has 12 nitrogen and oxygen atoms in total. The number of aliphatic hydroxyl groups excluding tert-OH is 1. The highest BCUT2D eigenvalue weighted by Gasteiger charge is 2.37. The van der Waals surface area contributed by atoms with Crippen molar-refractivity contribution in [2.45, 2.75) is 20.4 Å². The van der Waals surface area contributed by atoms with Gasteiger partial charge in [0.1, 0.15) is 16.6 Å². The molecule has 40 heavy (non-hydrogen) atoms. The van der Waals surface area contributed by atoms with E-state index in [1.807, 2.05) is 13.8 Å². The molecule has 5 heterocycles. The fourth-order valence-electron chi connectivity index (χ4n) is 5.14. The molecule has 210 valence electrons. The summed E-state index contributed by atoms with van der Waals surface area (Å²) in [5, 5.41) is 9.20. The van der Waals surface area contributed by atoms with E-state index < -0.39 is 0 Å². The van der Waals surface area contributed by atoms with Crippen LogP contribution in [0.1, 0.15) is 38.6 Å². The van der Waals surface area contributed by atoms with Gasteiger partial charge in [0.05, 0.1) is 37.1 Å². The van der Waals surface area contributed by atoms with Crippen LogP contribution in [0, 0.1) is 13.8 Å². The minimum atomic E-state index is -0.347. The Bertz CT molecular complexity index is 1500. The molecule has 5 rings (SSSR count). The summed E-state index contributed by atoms with van der Waals surface area (Å²) in [5.74, 6) is 0.460. The van der Waals surface area contributed by atoms with Crippen LogP contribution < -0.4 is 15.4 Å². The number of carbonyl (C=O) groups is 2. The van der Waals surface area contributed by atoms with Crippen LogP contribution in [0.5, 0.6) is 5.75 Å². The topological polar surface area (TPSA) is 154 Å². The Morgan fingerprint density at radius 3 is 2.67 bits per heavy atom. The second-order valence-corrected chi connectivity index (χ2v) is 10.1. The van der Waals surface area contributed by atoms with E-state index in [1.54, 1.807) is 36.4 Å². The minimum absolute atomic E-state index is 0.0548. The molecule has 3 aromatic heterocycles. The first-order valence-corrected chi connectivity index (χ1v) is 13.3. The van der Waals surface area contributed by atoms with E-state index in [9.17, 15) is 9.59 Å². The number of rotatable bonds is 7. The number of nitrogens with two attached hydrogens (primary N) is 1. The number of nitrogen functional groups attached to an aromatic ring is 1. The van der Waals surface area contributed by atoms with Gasteiger partial charge in [-0.1, -0.05) is 11.6 Å². The predicted octanol–water partition coefficient (Wildman–Crippen LogP) is 1.90. The number of hydrogen-bond acceptors (Lipinski definition) is 9. The summed E-state index contributed by atoms with van der Waals surface area (Å²) in [6.45, 7) is 7.15. The Kier molecular flexibility index (Phi) is 7.74. The first-order chi connectivity index (χ1) is 19.2. The fraction of sp³-hybridized carbons (Fsp3) is 0.370. The molecular formula is C27H31ClN8O4. The molecule has 2 amide bonds. The molecule has 0 unspecified atom stereocenters. The van der Waals surface area contributed by atoms with Crippen molar-refractivity contribution in [3.8, 4) is 5.75 Å². The van der Waals surface area contributed by atoms with E-state index in [4.69, 9.17) is 27.2 Å². The third kappa shape index (κ3) is 5.12. The highest BCUT2D eigenvalue weighted by Crippen LogP contribution is 2.41. The van der Waals surface area contributed by atoms with Gasteiger partial charge in [-0.3, -0.25) is 24.4 Å². The van der Waals surface area contributed by atoms with Gasteiger partial charge in [-0.05, 0) is 32.1 Å². The van der Waals surface area contributed by atoms with Crippen LogP contribution in [-0.2, 0) is 11.3 Å². The van der Waals surface area contributed by atoms with Crippen molar-refractivity contribution in [3.05, 3.63) is 57.3 Å². The second-order valence-electron chi connectivity index (χ2n) is 9.75. The number of aromatic nitrogens is 4. The fourth-order valence-corrected chi connectivity index (χ4v) is 5.41. The molecule has 0 atom stereocenters. The van der Waals surface area contributed by atoms with Crippen molar-refractivity contribution in [3.63, 3.8) is 0 Å². The number of amides is 2. The number of aryl methyl sites for hydroxylation is 1. The zero-order valence-electron chi connectivity index (χ0n) is 22.6. The smallest absolute Gasteiger partial charge is 0.270 e. The zero-order chi connectivity index (χ0) is 28.6. The van der Waals surface area contributed by atoms with Crippen molar-refractivity contribution in [1.82, 2.24) is 29.7 Å². The molecule has 2 aliphatic rings. The number of methoxy groups -OCH3 is 1. The number of anilines is 2. The lowest BCUT2D eigenvalue weighted by molar-refractivity contribution is -0.113. The van der Waals surface area contributed by atoms with Crippen molar-refractivity contribution in [1.29, 1.82) is 0 Å². The SMILES string of the molecule is COc1c(C)cnc(CN2C(=O)C(=Cc3ccc(C(=O)N4CCN(CCO)CC4)[nH]3)c3c(Cl)nc(N)nc32)c1C. The number of ether oxygens (including phenoxy) is 1. The first kappa shape index (κ1) is 27.6. The number of carbonyl (C=O) groups excluding carboxylic acids is 2. The van der Waals surface area contributed by atoms with Gasteiger partial charge in [-0.2, -0.15) is 4.98 Å². The third-order valence-corrected chi connectivity index (χ3v) is 7.51. The van der Waals surface area contributed by atoms with Gasteiger partial charge in [0.15, 0.2) is 5.82 Å². The first-order valence-electron chi connectivity index (χ1n) is 12.9. The maximum Gasteiger partial charge on any atom is 0.270 e. The maximum atomic E-state index is 13.8. The van der Waals surface area contributed by atoms with Gasteiger partial charge in [-0.15, -0.1) is 0 Å². The average Bonchev–Trinajstić information content (AvgIpc) is 3.49. The minimum Gasteiger partial charge on any atom is -0.496 e. The summed E-state index contributed by atoms with van der Waals surface area (Å²) in [6, 6.07) is 3.43. The lowest BCUT2D eigenvalue weighted by atomic mass is 10.1. The molecule has 1 fully saturated rings. The number of aliphatic hydroxyl groups is 1. The quantitative estimate of drug-likeness (QED) is 0.287. The number of nitrogens with one attached hydrogen (secondary N) is 1. The lowest BCUT2D eigenvalue weighted by Gasteiger charge is -2.34. The number of pyridine rings is 1. The molecule has 0 aliphatic carbocycles. The Hall–Kier alpha value is -4.00. The third-order valence-electron chi connectivity index (χ3n) is 7.24. The number of piperazine rings is 1. The number of nitrogens with zero attached hydrogens (tertiary/aromatic N) is 6. The molecule has 0 saturated carbocycles. The molecule has 13 heteroatoms. The van der Waals surface area contributed by atoms with E-state index in [2.05, 4.69) is 24.8 Å². The molecule has 0 spiro atoms. The molecule has 4 N–H and O–H groups in total. The number of hydrogen-bond donors (Lipinski definition) is 3. The van der Waals surface area contributed by atoms with Crippen LogP contribution in [0.15, 0.2) is 18.3 Å². The van der Waals surface area contributed by atoms with Gasteiger partial charge in [0.2, 0.25) is 5.95 Å². The normalized spacial score (nSPS) is 16.6. The van der Waals surface area contributed by atoms with Crippen LogP contribution >= 0.6 is 11.6 Å². The van der Waals surface area contributed by atoms with E-state index in [1.165, 1.54) is 4.90 Å². The van der Waals surface area contributed by atoms with Crippen LogP contribution in [0.3, 0.4) is 0 Å². The monoisotopic (exact) mass is 566 g/mol. The summed E-state index contributed by atoms with van der Waals surface area (Å²) in [6.07, 6.45) is 3.34. The van der Waals surface area contributed by atoms with Crippen LogP contribution in [0.25, 0.3) is 11.6 Å². The lowest BCUT2D eigenvalue weighted by Crippen LogP contribution is -2.49. The standard InChI is InChI=1S/C27H31ClN8O4/c1-15-13-30-20(16(2)22(15)40-3)14-36-24-21(23(28)32-27(29)33-24)18(25(36)38)12-17-4-5-19(31-17)26(39)35-8-6-34(7-9-35)10-11-37/h4-5,12-13,31,37H,6-11,14H2,1-3H3,(H2,29,32,33). The molecule has 3 aromatic rings. The predicted molar refractivity (Wildman–Crippen MR) is 151 cm³/mol. The number of β-amino-alcohol motifs (C(OH)–C–C–N with tert-alkyl or cyclic N) is 1. The highest BCUT2D eigenvalue weighted by atomic mass is 35.5. The van der Waals surface area contributed by atoms with Gasteiger partial charge in [-0.25, -0.2) is 4.98 Å². The van der Waals surface area contributed by atoms with Crippen molar-refractivity contribution >= 4 is 46.8 Å². The van der Waals surface area contributed by atoms with Gasteiger partial charge in [0.25, 0.3) is 11.8 Å². The van der Waals surface area contributed by atoms with E-state index >= 15 is 0 Å². The average molecular weight is 567 g/mol. The Morgan fingerprint density at radius 1 is 1.23 bits per heavy atom. The van der Waals surface area contributed by atoms with Crippen LogP contribution in [-0.4, -0.2) is 93.1 Å². The van der Waals surface area contributed by atoms with E-state index in [0.717, 1.165) is 11.1 Å². The molecule has 0 aromatic carbocycles. The van der Waals surface area contributed by atoms with Crippen molar-refractivity contribution < 1.29 is 19.4 Å². The van der Waals surface area contributed by atoms with E-state index in [0.29, 0.717) is 61.1 Å². The summed E-state index contributed by atoms with van der Waals surface area (Å²) >= 11 is 6.48. The van der Waals surface area contributed by atoms with Crippen LogP contribution in [0.4, 0.5) is 11.8 Å². The Labute approximate surface area is 236 Å². The summed E-state index contributed by atoms with van der Waals surface area (Å²) in [5.41, 5.74) is 9.84. The molecule has 1 saturated heterocycles. The largest absolute Gasteiger partial charge is 0.496 e. The molecule has 0 bridgehead atoms. The number of halogens is 1.